The first-order chi connectivity index (χ1) is 12.5. The van der Waals surface area contributed by atoms with E-state index < -0.39 is 5.82 Å². The molecule has 0 atom stereocenters. The highest BCUT2D eigenvalue weighted by molar-refractivity contribution is 6.30. The number of ketones is 2. The number of Topliss-reactive ketones (excluding diaryl/α,β-unsaturated/α-hetero) is 1. The largest absolute Gasteiger partial charge is 0.485 e. The van der Waals surface area contributed by atoms with Gasteiger partial charge in [0.2, 0.25) is 0 Å². The van der Waals surface area contributed by atoms with Gasteiger partial charge in [0.15, 0.2) is 18.2 Å². The van der Waals surface area contributed by atoms with Crippen LogP contribution in [-0.2, 0) is 0 Å². The number of ether oxygens (including phenoxy) is 1. The van der Waals surface area contributed by atoms with E-state index in [-0.39, 0.29) is 18.2 Å². The summed E-state index contributed by atoms with van der Waals surface area (Å²) >= 11 is 5.79. The van der Waals surface area contributed by atoms with Gasteiger partial charge in [-0.25, -0.2) is 4.39 Å². The normalized spacial score (nSPS) is 10.4. The van der Waals surface area contributed by atoms with Gasteiger partial charge in [-0.15, -0.1) is 0 Å². The molecule has 3 aromatic carbocycles. The molecule has 0 spiro atoms. The third kappa shape index (κ3) is 4.35. The maximum Gasteiger partial charge on any atom is 0.200 e. The van der Waals surface area contributed by atoms with Crippen molar-refractivity contribution in [2.45, 2.75) is 0 Å². The van der Waals surface area contributed by atoms with Crippen LogP contribution < -0.4 is 4.74 Å². The zero-order chi connectivity index (χ0) is 18.5. The Bertz CT molecular complexity index is 917. The van der Waals surface area contributed by atoms with E-state index in [1.54, 1.807) is 48.5 Å². The first-order valence-corrected chi connectivity index (χ1v) is 8.22. The highest BCUT2D eigenvalue weighted by atomic mass is 35.5. The van der Waals surface area contributed by atoms with Crippen molar-refractivity contribution < 1.29 is 18.7 Å². The molecule has 26 heavy (non-hydrogen) atoms. The molecule has 5 heteroatoms. The quantitative estimate of drug-likeness (QED) is 0.577. The Morgan fingerprint density at radius 1 is 0.769 bits per heavy atom. The van der Waals surface area contributed by atoms with Gasteiger partial charge >= 0.3 is 0 Å². The summed E-state index contributed by atoms with van der Waals surface area (Å²) in [7, 11) is 0. The van der Waals surface area contributed by atoms with E-state index in [9.17, 15) is 14.0 Å². The van der Waals surface area contributed by atoms with Crippen molar-refractivity contribution in [3.8, 4) is 5.75 Å². The minimum atomic E-state index is -0.393. The van der Waals surface area contributed by atoms with Crippen LogP contribution in [0.2, 0.25) is 5.02 Å². The fraction of sp³-hybridized carbons (Fsp3) is 0.0476. The van der Waals surface area contributed by atoms with Gasteiger partial charge in [-0.2, -0.15) is 0 Å². The molecule has 0 bridgehead atoms. The van der Waals surface area contributed by atoms with E-state index in [2.05, 4.69) is 0 Å². The molecule has 3 rings (SSSR count). The van der Waals surface area contributed by atoms with Crippen LogP contribution in [0, 0.1) is 5.82 Å². The lowest BCUT2D eigenvalue weighted by molar-refractivity contribution is 0.0920. The summed E-state index contributed by atoms with van der Waals surface area (Å²) in [5, 5.41) is 0.559. The van der Waals surface area contributed by atoms with Gasteiger partial charge in [0.1, 0.15) is 11.6 Å². The van der Waals surface area contributed by atoms with Crippen molar-refractivity contribution in [3.05, 3.63) is 100 Å². The molecule has 3 aromatic rings. The van der Waals surface area contributed by atoms with Gasteiger partial charge in [0.25, 0.3) is 0 Å². The summed E-state index contributed by atoms with van der Waals surface area (Å²) in [5.41, 5.74) is 1.36. The molecule has 0 amide bonds. The van der Waals surface area contributed by atoms with Gasteiger partial charge in [0.05, 0.1) is 0 Å². The van der Waals surface area contributed by atoms with Gasteiger partial charge in [-0.05, 0) is 72.8 Å². The molecule has 0 heterocycles. The van der Waals surface area contributed by atoms with Crippen molar-refractivity contribution in [2.24, 2.45) is 0 Å². The third-order valence-electron chi connectivity index (χ3n) is 3.76. The van der Waals surface area contributed by atoms with Crippen LogP contribution in [0.15, 0.2) is 72.8 Å². The van der Waals surface area contributed by atoms with Crippen molar-refractivity contribution >= 4 is 23.2 Å². The first-order valence-electron chi connectivity index (χ1n) is 7.85. The summed E-state index contributed by atoms with van der Waals surface area (Å²) in [6.45, 7) is -0.118. The number of carbonyl (C=O) groups is 2. The molecule has 0 N–H and O–H groups in total. The second-order valence-electron chi connectivity index (χ2n) is 5.58. The number of halogens is 2. The van der Waals surface area contributed by atoms with E-state index in [4.69, 9.17) is 16.3 Å². The van der Waals surface area contributed by atoms with Gasteiger partial charge < -0.3 is 4.74 Å². The topological polar surface area (TPSA) is 43.4 Å². The third-order valence-corrected chi connectivity index (χ3v) is 4.01. The van der Waals surface area contributed by atoms with Crippen LogP contribution in [-0.4, -0.2) is 18.2 Å². The molecule has 0 saturated heterocycles. The number of benzene rings is 3. The molecule has 0 unspecified atom stereocenters. The molecule has 0 radical (unpaired) electrons. The maximum atomic E-state index is 12.9. The molecule has 0 aliphatic heterocycles. The van der Waals surface area contributed by atoms with E-state index >= 15 is 0 Å². The Kier molecular flexibility index (Phi) is 5.44. The van der Waals surface area contributed by atoms with Crippen molar-refractivity contribution in [1.82, 2.24) is 0 Å². The molecule has 0 aliphatic rings. The number of hydrogen-bond acceptors (Lipinski definition) is 3. The molecular formula is C21H14ClFO3. The highest BCUT2D eigenvalue weighted by Gasteiger charge is 2.10. The smallest absolute Gasteiger partial charge is 0.200 e. The molecule has 0 saturated carbocycles. The predicted octanol–water partition coefficient (Wildman–Crippen LogP) is 4.97. The van der Waals surface area contributed by atoms with Crippen LogP contribution in [0.25, 0.3) is 0 Å². The van der Waals surface area contributed by atoms with E-state index in [0.717, 1.165) is 0 Å². The van der Waals surface area contributed by atoms with Crippen molar-refractivity contribution in [3.63, 3.8) is 0 Å². The number of carbonyl (C=O) groups excluding carboxylic acids is 2. The van der Waals surface area contributed by atoms with Crippen LogP contribution in [0.4, 0.5) is 4.39 Å². The summed E-state index contributed by atoms with van der Waals surface area (Å²) in [6, 6.07) is 18.4. The lowest BCUT2D eigenvalue weighted by atomic mass is 10.0. The number of rotatable bonds is 6. The van der Waals surface area contributed by atoms with Crippen molar-refractivity contribution in [2.75, 3.05) is 6.61 Å². The average molecular weight is 369 g/mol. The monoisotopic (exact) mass is 368 g/mol. The van der Waals surface area contributed by atoms with E-state index in [1.807, 2.05) is 0 Å². The summed E-state index contributed by atoms with van der Waals surface area (Å²) < 4.78 is 18.4. The average Bonchev–Trinajstić information content (AvgIpc) is 2.67. The molecule has 0 aliphatic carbocycles. The summed E-state index contributed by atoms with van der Waals surface area (Å²) in [4.78, 5) is 24.4. The van der Waals surface area contributed by atoms with Gasteiger partial charge in [-0.1, -0.05) is 11.6 Å². The number of hydrogen-bond donors (Lipinski definition) is 0. The van der Waals surface area contributed by atoms with Crippen molar-refractivity contribution in [1.29, 1.82) is 0 Å². The highest BCUT2D eigenvalue weighted by Crippen LogP contribution is 2.17. The lowest BCUT2D eigenvalue weighted by Crippen LogP contribution is -2.11. The van der Waals surface area contributed by atoms with Gasteiger partial charge in [0, 0.05) is 21.7 Å². The Labute approximate surface area is 155 Å². The van der Waals surface area contributed by atoms with Crippen LogP contribution >= 0.6 is 11.6 Å². The van der Waals surface area contributed by atoms with Gasteiger partial charge in [-0.3, -0.25) is 9.59 Å². The molecular weight excluding hydrogens is 355 g/mol. The van der Waals surface area contributed by atoms with E-state index in [0.29, 0.717) is 27.5 Å². The minimum absolute atomic E-state index is 0.118. The Balaban J connectivity index is 1.62. The standard InChI is InChI=1S/C21H14ClFO3/c22-17-7-1-14(2-8-17)20(24)13-26-19-11-5-16(6-12-19)21(25)15-3-9-18(23)10-4-15/h1-12H,13H2. The van der Waals surface area contributed by atoms with Crippen LogP contribution in [0.1, 0.15) is 26.3 Å². The Morgan fingerprint density at radius 3 is 1.85 bits per heavy atom. The first kappa shape index (κ1) is 17.8. The van der Waals surface area contributed by atoms with E-state index in [1.165, 1.54) is 24.3 Å². The molecule has 130 valence electrons. The Hall–Kier alpha value is -2.98. The SMILES string of the molecule is O=C(COc1ccc(C(=O)c2ccc(F)cc2)cc1)c1ccc(Cl)cc1. The second kappa shape index (κ2) is 7.93. The Morgan fingerprint density at radius 2 is 1.27 bits per heavy atom. The fourth-order valence-corrected chi connectivity index (χ4v) is 2.46. The maximum absolute atomic E-state index is 12.9. The molecule has 0 fully saturated rings. The summed E-state index contributed by atoms with van der Waals surface area (Å²) in [6.07, 6.45) is 0. The molecule has 3 nitrogen and oxygen atoms in total. The fourth-order valence-electron chi connectivity index (χ4n) is 2.34. The second-order valence-corrected chi connectivity index (χ2v) is 6.02. The predicted molar refractivity (Wildman–Crippen MR) is 97.6 cm³/mol. The zero-order valence-electron chi connectivity index (χ0n) is 13.6. The zero-order valence-corrected chi connectivity index (χ0v) is 14.4. The van der Waals surface area contributed by atoms with Crippen LogP contribution in [0.3, 0.4) is 0 Å². The molecule has 0 aromatic heterocycles. The minimum Gasteiger partial charge on any atom is -0.485 e. The van der Waals surface area contributed by atoms with Crippen LogP contribution in [0.5, 0.6) is 5.75 Å². The summed E-state index contributed by atoms with van der Waals surface area (Å²) in [5.74, 6) is -0.305. The lowest BCUT2D eigenvalue weighted by Gasteiger charge is -2.07.